The highest BCUT2D eigenvalue weighted by Crippen LogP contribution is 2.23. The van der Waals surface area contributed by atoms with Crippen LogP contribution in [0.1, 0.15) is 25.3 Å². The number of rotatable bonds is 5. The first-order valence-corrected chi connectivity index (χ1v) is 6.13. The molecule has 0 saturated carbocycles. The topological polar surface area (TPSA) is 37.3 Å². The highest BCUT2D eigenvalue weighted by atomic mass is 32.2. The van der Waals surface area contributed by atoms with Gasteiger partial charge >= 0.3 is 5.97 Å². The van der Waals surface area contributed by atoms with Crippen LogP contribution in [0.3, 0.4) is 0 Å². The van der Waals surface area contributed by atoms with Gasteiger partial charge in [0.1, 0.15) is 0 Å². The van der Waals surface area contributed by atoms with Crippen molar-refractivity contribution in [3.63, 3.8) is 0 Å². The summed E-state index contributed by atoms with van der Waals surface area (Å²) in [6.07, 6.45) is 0. The van der Waals surface area contributed by atoms with E-state index in [2.05, 4.69) is 32.6 Å². The second kappa shape index (κ2) is 5.75. The number of carboxylic acids is 1. The molecule has 0 aromatic heterocycles. The molecule has 0 aliphatic heterocycles. The van der Waals surface area contributed by atoms with Gasteiger partial charge in [-0.1, -0.05) is 32.6 Å². The largest absolute Gasteiger partial charge is 0.478 e. The SMILES string of the molecule is C=C(CSc1ccc(C(C)C)cc1)C(=O)O. The number of carbonyl (C=O) groups is 1. The molecule has 0 aliphatic rings. The lowest BCUT2D eigenvalue weighted by Gasteiger charge is -2.06. The number of aliphatic carboxylic acids is 1. The van der Waals surface area contributed by atoms with E-state index in [1.807, 2.05) is 12.1 Å². The van der Waals surface area contributed by atoms with Gasteiger partial charge in [-0.2, -0.15) is 0 Å². The van der Waals surface area contributed by atoms with Crippen LogP contribution in [-0.4, -0.2) is 16.8 Å². The van der Waals surface area contributed by atoms with E-state index in [0.717, 1.165) is 4.90 Å². The van der Waals surface area contributed by atoms with E-state index in [0.29, 0.717) is 11.7 Å². The lowest BCUT2D eigenvalue weighted by atomic mass is 10.0. The minimum Gasteiger partial charge on any atom is -0.478 e. The minimum atomic E-state index is -0.925. The molecule has 2 nitrogen and oxygen atoms in total. The Labute approximate surface area is 100 Å². The zero-order valence-electron chi connectivity index (χ0n) is 9.56. The molecule has 0 atom stereocenters. The molecule has 3 heteroatoms. The van der Waals surface area contributed by atoms with Gasteiger partial charge in [-0.3, -0.25) is 0 Å². The summed E-state index contributed by atoms with van der Waals surface area (Å²) in [4.78, 5) is 11.6. The number of thioether (sulfide) groups is 1. The Bertz CT molecular complexity index is 379. The minimum absolute atomic E-state index is 0.234. The summed E-state index contributed by atoms with van der Waals surface area (Å²) >= 11 is 1.50. The van der Waals surface area contributed by atoms with Crippen molar-refractivity contribution in [1.29, 1.82) is 0 Å². The fourth-order valence-corrected chi connectivity index (χ4v) is 1.97. The van der Waals surface area contributed by atoms with Crippen molar-refractivity contribution in [3.8, 4) is 0 Å². The molecule has 0 amide bonds. The van der Waals surface area contributed by atoms with E-state index in [9.17, 15) is 4.79 Å². The molecule has 86 valence electrons. The zero-order chi connectivity index (χ0) is 12.1. The molecule has 0 bridgehead atoms. The normalized spacial score (nSPS) is 10.4. The van der Waals surface area contributed by atoms with Crippen molar-refractivity contribution >= 4 is 17.7 Å². The maximum absolute atomic E-state index is 10.6. The van der Waals surface area contributed by atoms with E-state index in [4.69, 9.17) is 5.11 Å². The van der Waals surface area contributed by atoms with Crippen LogP contribution in [-0.2, 0) is 4.79 Å². The molecule has 0 aliphatic carbocycles. The quantitative estimate of drug-likeness (QED) is 0.627. The second-order valence-corrected chi connectivity index (χ2v) is 4.97. The first kappa shape index (κ1) is 12.8. The van der Waals surface area contributed by atoms with Crippen LogP contribution >= 0.6 is 11.8 Å². The van der Waals surface area contributed by atoms with Gasteiger partial charge in [-0.25, -0.2) is 4.79 Å². The molecule has 0 heterocycles. The van der Waals surface area contributed by atoms with Gasteiger partial charge < -0.3 is 5.11 Å². The third-order valence-corrected chi connectivity index (χ3v) is 3.36. The molecule has 1 aromatic carbocycles. The Kier molecular flexibility index (Phi) is 4.62. The van der Waals surface area contributed by atoms with E-state index in [1.54, 1.807) is 0 Å². The van der Waals surface area contributed by atoms with E-state index >= 15 is 0 Å². The fraction of sp³-hybridized carbons (Fsp3) is 0.308. The molecule has 0 radical (unpaired) electrons. The molecule has 1 N–H and O–H groups in total. The second-order valence-electron chi connectivity index (χ2n) is 3.92. The monoisotopic (exact) mass is 236 g/mol. The van der Waals surface area contributed by atoms with Gasteiger partial charge in [-0.15, -0.1) is 11.8 Å². The average molecular weight is 236 g/mol. The van der Waals surface area contributed by atoms with Crippen LogP contribution < -0.4 is 0 Å². The molecule has 1 rings (SSSR count). The van der Waals surface area contributed by atoms with Crippen molar-refractivity contribution in [1.82, 2.24) is 0 Å². The van der Waals surface area contributed by atoms with Crippen molar-refractivity contribution < 1.29 is 9.90 Å². The van der Waals surface area contributed by atoms with Crippen LogP contribution in [0.25, 0.3) is 0 Å². The zero-order valence-corrected chi connectivity index (χ0v) is 10.4. The van der Waals surface area contributed by atoms with Crippen LogP contribution in [0, 0.1) is 0 Å². The molecule has 0 spiro atoms. The Balaban J connectivity index is 2.56. The summed E-state index contributed by atoms with van der Waals surface area (Å²) in [5, 5.41) is 8.66. The van der Waals surface area contributed by atoms with Gasteiger partial charge in [0.15, 0.2) is 0 Å². The summed E-state index contributed by atoms with van der Waals surface area (Å²) < 4.78 is 0. The summed E-state index contributed by atoms with van der Waals surface area (Å²) in [7, 11) is 0. The van der Waals surface area contributed by atoms with Crippen LogP contribution in [0.5, 0.6) is 0 Å². The van der Waals surface area contributed by atoms with E-state index < -0.39 is 5.97 Å². The molecule has 0 saturated heterocycles. The summed E-state index contributed by atoms with van der Waals surface area (Å²) in [6, 6.07) is 8.21. The molecule has 1 aromatic rings. The van der Waals surface area contributed by atoms with Crippen molar-refractivity contribution in [2.24, 2.45) is 0 Å². The Morgan fingerprint density at radius 3 is 2.38 bits per heavy atom. The molecule has 0 fully saturated rings. The molecular weight excluding hydrogens is 220 g/mol. The standard InChI is InChI=1S/C13H16O2S/c1-9(2)11-4-6-12(7-5-11)16-8-10(3)13(14)15/h4-7,9H,3,8H2,1-2H3,(H,14,15). The summed E-state index contributed by atoms with van der Waals surface area (Å²) in [5.41, 5.74) is 1.53. The third-order valence-electron chi connectivity index (χ3n) is 2.26. The van der Waals surface area contributed by atoms with Crippen LogP contribution in [0.4, 0.5) is 0 Å². The number of hydrogen-bond donors (Lipinski definition) is 1. The first-order chi connectivity index (χ1) is 7.50. The lowest BCUT2D eigenvalue weighted by molar-refractivity contribution is -0.132. The molecule has 16 heavy (non-hydrogen) atoms. The maximum Gasteiger partial charge on any atom is 0.331 e. The van der Waals surface area contributed by atoms with Crippen molar-refractivity contribution in [3.05, 3.63) is 42.0 Å². The van der Waals surface area contributed by atoms with Crippen LogP contribution in [0.15, 0.2) is 41.3 Å². The lowest BCUT2D eigenvalue weighted by Crippen LogP contribution is -2.00. The Morgan fingerprint density at radius 1 is 1.38 bits per heavy atom. The number of benzene rings is 1. The van der Waals surface area contributed by atoms with Gasteiger partial charge in [-0.05, 0) is 23.6 Å². The predicted molar refractivity (Wildman–Crippen MR) is 68.0 cm³/mol. The number of hydrogen-bond acceptors (Lipinski definition) is 2. The van der Waals surface area contributed by atoms with Gasteiger partial charge in [0.05, 0.1) is 0 Å². The highest BCUT2D eigenvalue weighted by molar-refractivity contribution is 7.99. The third kappa shape index (κ3) is 3.74. The Morgan fingerprint density at radius 2 is 1.94 bits per heavy atom. The smallest absolute Gasteiger partial charge is 0.331 e. The van der Waals surface area contributed by atoms with Crippen LogP contribution in [0.2, 0.25) is 0 Å². The molecular formula is C13H16O2S. The maximum atomic E-state index is 10.6. The van der Waals surface area contributed by atoms with Crippen molar-refractivity contribution in [2.45, 2.75) is 24.7 Å². The molecule has 0 unspecified atom stereocenters. The summed E-state index contributed by atoms with van der Waals surface area (Å²) in [5.74, 6) is 0.0235. The first-order valence-electron chi connectivity index (χ1n) is 5.14. The van der Waals surface area contributed by atoms with Gasteiger partial charge in [0.2, 0.25) is 0 Å². The van der Waals surface area contributed by atoms with Gasteiger partial charge in [0, 0.05) is 16.2 Å². The predicted octanol–water partition coefficient (Wildman–Crippen LogP) is 3.54. The van der Waals surface area contributed by atoms with Crippen molar-refractivity contribution in [2.75, 3.05) is 5.75 Å². The fourth-order valence-electron chi connectivity index (χ4n) is 1.18. The number of carboxylic acid groups (broad SMARTS) is 1. The van der Waals surface area contributed by atoms with E-state index in [1.165, 1.54) is 17.3 Å². The van der Waals surface area contributed by atoms with Gasteiger partial charge in [0.25, 0.3) is 0 Å². The van der Waals surface area contributed by atoms with E-state index in [-0.39, 0.29) is 5.57 Å². The Hall–Kier alpha value is -1.22. The summed E-state index contributed by atoms with van der Waals surface area (Å²) in [6.45, 7) is 7.79. The average Bonchev–Trinajstić information content (AvgIpc) is 2.26. The highest BCUT2D eigenvalue weighted by Gasteiger charge is 2.05.